The van der Waals surface area contributed by atoms with E-state index >= 15 is 0 Å². The second kappa shape index (κ2) is 6.96. The molecule has 1 aromatic heterocycles. The van der Waals surface area contributed by atoms with E-state index in [1.807, 2.05) is 27.7 Å². The van der Waals surface area contributed by atoms with Crippen molar-refractivity contribution in [3.8, 4) is 12.3 Å². The molecule has 0 N–H and O–H groups in total. The lowest BCUT2D eigenvalue weighted by Crippen LogP contribution is -2.63. The number of urea groups is 1. The number of anilines is 1. The molecule has 1 aromatic rings. The van der Waals surface area contributed by atoms with Crippen molar-refractivity contribution in [2.45, 2.75) is 46.6 Å². The molecule has 6 heteroatoms. The van der Waals surface area contributed by atoms with Crippen LogP contribution in [-0.2, 0) is 6.42 Å². The van der Waals surface area contributed by atoms with Gasteiger partial charge in [-0.15, -0.1) is 6.42 Å². The molecule has 0 aliphatic carbocycles. The molecule has 1 aliphatic rings. The van der Waals surface area contributed by atoms with Crippen LogP contribution in [0.3, 0.4) is 0 Å². The van der Waals surface area contributed by atoms with Gasteiger partial charge >= 0.3 is 6.03 Å². The Morgan fingerprint density at radius 1 is 1.46 bits per heavy atom. The Hall–Kier alpha value is -1.84. The van der Waals surface area contributed by atoms with Gasteiger partial charge in [-0.2, -0.15) is 4.37 Å². The summed E-state index contributed by atoms with van der Waals surface area (Å²) in [4.78, 5) is 18.7. The number of carbonyl (C=O) groups excluding carboxylic acids is 1. The van der Waals surface area contributed by atoms with Crippen LogP contribution in [0.25, 0.3) is 0 Å². The Balaban J connectivity index is 2.40. The first kappa shape index (κ1) is 18.5. The van der Waals surface area contributed by atoms with E-state index in [0.717, 1.165) is 28.3 Å². The maximum atomic E-state index is 13.0. The number of carbonyl (C=O) groups is 1. The molecular formula is C18H26N4OS. The number of aryl methyl sites for hydroxylation is 1. The van der Waals surface area contributed by atoms with Gasteiger partial charge in [0.25, 0.3) is 0 Å². The average Bonchev–Trinajstić information content (AvgIpc) is 2.89. The lowest BCUT2D eigenvalue weighted by molar-refractivity contribution is 0.0736. The molecule has 0 spiro atoms. The normalized spacial score (nSPS) is 16.4. The number of nitrogens with zero attached hydrogens (tertiary/aromatic N) is 4. The quantitative estimate of drug-likeness (QED) is 0.605. The van der Waals surface area contributed by atoms with E-state index < -0.39 is 5.54 Å². The average molecular weight is 347 g/mol. The Kier molecular flexibility index (Phi) is 5.36. The van der Waals surface area contributed by atoms with Crippen LogP contribution >= 0.6 is 11.5 Å². The highest BCUT2D eigenvalue weighted by Crippen LogP contribution is 2.32. The Labute approximate surface area is 149 Å². The highest BCUT2D eigenvalue weighted by Gasteiger charge is 2.38. The first-order valence-corrected chi connectivity index (χ1v) is 8.87. The molecule has 0 saturated carbocycles. The van der Waals surface area contributed by atoms with Crippen molar-refractivity contribution in [2.75, 3.05) is 24.8 Å². The molecule has 1 saturated heterocycles. The smallest absolute Gasteiger partial charge is 0.307 e. The van der Waals surface area contributed by atoms with Crippen molar-refractivity contribution < 1.29 is 4.79 Å². The number of amides is 2. The van der Waals surface area contributed by atoms with Gasteiger partial charge in [0.15, 0.2) is 0 Å². The van der Waals surface area contributed by atoms with Crippen molar-refractivity contribution in [1.82, 2.24) is 14.2 Å². The summed E-state index contributed by atoms with van der Waals surface area (Å²) in [6, 6.07) is -0.0172. The van der Waals surface area contributed by atoms with Gasteiger partial charge < -0.3 is 4.90 Å². The van der Waals surface area contributed by atoms with E-state index in [1.54, 1.807) is 9.80 Å². The summed E-state index contributed by atoms with van der Waals surface area (Å²) in [5.74, 6) is 2.83. The maximum absolute atomic E-state index is 13.0. The van der Waals surface area contributed by atoms with E-state index in [9.17, 15) is 4.79 Å². The van der Waals surface area contributed by atoms with Gasteiger partial charge in [-0.1, -0.05) is 25.0 Å². The third-order valence-electron chi connectivity index (χ3n) is 4.34. The molecule has 1 aliphatic heterocycles. The fraction of sp³-hybridized carbons (Fsp3) is 0.556. The van der Waals surface area contributed by atoms with E-state index in [1.165, 1.54) is 11.5 Å². The SMILES string of the molecule is C#CC(C)(C)N1CN(CC(=C)C)C(=O)N(c2snc(CC)c2C)C1. The van der Waals surface area contributed by atoms with E-state index in [0.29, 0.717) is 19.9 Å². The van der Waals surface area contributed by atoms with Gasteiger partial charge in [0.1, 0.15) is 5.00 Å². The number of hydrogen-bond acceptors (Lipinski definition) is 4. The first-order chi connectivity index (χ1) is 11.2. The zero-order chi connectivity index (χ0) is 18.1. The van der Waals surface area contributed by atoms with Crippen molar-refractivity contribution in [3.05, 3.63) is 23.4 Å². The van der Waals surface area contributed by atoms with Crippen LogP contribution < -0.4 is 4.90 Å². The molecule has 2 rings (SSSR count). The third-order valence-corrected chi connectivity index (χ3v) is 5.35. The highest BCUT2D eigenvalue weighted by molar-refractivity contribution is 7.10. The monoisotopic (exact) mass is 346 g/mol. The Bertz CT molecular complexity index is 686. The van der Waals surface area contributed by atoms with Gasteiger partial charge in [0.2, 0.25) is 0 Å². The van der Waals surface area contributed by atoms with Crippen LogP contribution in [-0.4, -0.2) is 45.6 Å². The molecule has 0 unspecified atom stereocenters. The Morgan fingerprint density at radius 2 is 2.12 bits per heavy atom. The van der Waals surface area contributed by atoms with Crippen LogP contribution in [0.15, 0.2) is 12.2 Å². The molecule has 2 heterocycles. The highest BCUT2D eigenvalue weighted by atomic mass is 32.1. The van der Waals surface area contributed by atoms with E-state index in [4.69, 9.17) is 6.42 Å². The third kappa shape index (κ3) is 3.47. The first-order valence-electron chi connectivity index (χ1n) is 8.10. The van der Waals surface area contributed by atoms with Gasteiger partial charge in [-0.3, -0.25) is 9.80 Å². The molecule has 5 nitrogen and oxygen atoms in total. The Morgan fingerprint density at radius 3 is 2.62 bits per heavy atom. The van der Waals surface area contributed by atoms with E-state index in [2.05, 4.69) is 28.7 Å². The number of rotatable bonds is 5. The van der Waals surface area contributed by atoms with Gasteiger partial charge in [-0.05, 0) is 45.6 Å². The molecule has 1 fully saturated rings. The molecule has 0 bridgehead atoms. The summed E-state index contributed by atoms with van der Waals surface area (Å²) in [6.07, 6.45) is 6.58. The van der Waals surface area contributed by atoms with Crippen molar-refractivity contribution >= 4 is 22.6 Å². The van der Waals surface area contributed by atoms with Gasteiger partial charge in [0, 0.05) is 12.1 Å². The molecule has 0 aromatic carbocycles. The fourth-order valence-corrected chi connectivity index (χ4v) is 3.64. The van der Waals surface area contributed by atoms with Crippen molar-refractivity contribution in [3.63, 3.8) is 0 Å². The summed E-state index contributed by atoms with van der Waals surface area (Å²) >= 11 is 1.38. The van der Waals surface area contributed by atoms with Crippen molar-refractivity contribution in [2.24, 2.45) is 0 Å². The summed E-state index contributed by atoms with van der Waals surface area (Å²) in [5.41, 5.74) is 2.62. The second-order valence-corrected chi connectivity index (χ2v) is 7.56. The summed E-state index contributed by atoms with van der Waals surface area (Å²) in [6.45, 7) is 15.4. The topological polar surface area (TPSA) is 39.7 Å². The minimum Gasteiger partial charge on any atom is -0.307 e. The zero-order valence-corrected chi connectivity index (χ0v) is 16.0. The molecule has 0 atom stereocenters. The fourth-order valence-electron chi connectivity index (χ4n) is 2.69. The number of terminal acetylenes is 1. The lowest BCUT2D eigenvalue weighted by atomic mass is 10.0. The zero-order valence-electron chi connectivity index (χ0n) is 15.2. The van der Waals surface area contributed by atoms with Gasteiger partial charge in [-0.25, -0.2) is 4.79 Å². The van der Waals surface area contributed by atoms with Crippen LogP contribution in [0.2, 0.25) is 0 Å². The largest absolute Gasteiger partial charge is 0.327 e. The van der Waals surface area contributed by atoms with Crippen LogP contribution in [0, 0.1) is 19.3 Å². The second-order valence-electron chi connectivity index (χ2n) is 6.80. The van der Waals surface area contributed by atoms with Crippen molar-refractivity contribution in [1.29, 1.82) is 0 Å². The van der Waals surface area contributed by atoms with Crippen LogP contribution in [0.1, 0.15) is 39.0 Å². The summed E-state index contributed by atoms with van der Waals surface area (Å²) in [5, 5.41) is 0.904. The van der Waals surface area contributed by atoms with Gasteiger partial charge in [0.05, 0.1) is 24.6 Å². The van der Waals surface area contributed by atoms with Crippen LogP contribution in [0.4, 0.5) is 9.80 Å². The summed E-state index contributed by atoms with van der Waals surface area (Å²) < 4.78 is 4.49. The molecule has 0 radical (unpaired) electrons. The minimum atomic E-state index is -0.446. The molecule has 2 amide bonds. The molecule has 24 heavy (non-hydrogen) atoms. The summed E-state index contributed by atoms with van der Waals surface area (Å²) in [7, 11) is 0. The number of aromatic nitrogens is 1. The minimum absolute atomic E-state index is 0.0172. The number of hydrogen-bond donors (Lipinski definition) is 0. The predicted octanol–water partition coefficient (Wildman–Crippen LogP) is 3.46. The standard InChI is InChI=1S/C18H26N4OS/c1-8-15-14(5)16(24-19-15)22-12-21(18(6,7)9-2)11-20(17(22)23)10-13(3)4/h2H,3,8,10-12H2,1,4-7H3. The van der Waals surface area contributed by atoms with Crippen LogP contribution in [0.5, 0.6) is 0 Å². The predicted molar refractivity (Wildman–Crippen MR) is 100 cm³/mol. The lowest BCUT2D eigenvalue weighted by Gasteiger charge is -2.46. The molecular weight excluding hydrogens is 320 g/mol. The van der Waals surface area contributed by atoms with E-state index in [-0.39, 0.29) is 6.03 Å². The molecule has 130 valence electrons. The maximum Gasteiger partial charge on any atom is 0.327 e.